The van der Waals surface area contributed by atoms with E-state index in [0.717, 1.165) is 16.0 Å². The van der Waals surface area contributed by atoms with E-state index in [0.29, 0.717) is 5.52 Å². The zero-order valence-corrected chi connectivity index (χ0v) is 8.66. The molecule has 0 fully saturated rings. The number of halogens is 1. The molecule has 2 heterocycles. The Labute approximate surface area is 83.4 Å². The van der Waals surface area contributed by atoms with Crippen molar-refractivity contribution in [2.45, 2.75) is 4.21 Å². The van der Waals surface area contributed by atoms with Crippen LogP contribution < -0.4 is 0 Å². The summed E-state index contributed by atoms with van der Waals surface area (Å²) in [6.45, 7) is 0. The van der Waals surface area contributed by atoms with Crippen molar-refractivity contribution in [1.82, 2.24) is 4.98 Å². The van der Waals surface area contributed by atoms with E-state index in [2.05, 4.69) is 4.98 Å². The summed E-state index contributed by atoms with van der Waals surface area (Å²) in [5.41, 5.74) is 0.659. The topological polar surface area (TPSA) is 47.0 Å². The predicted molar refractivity (Wildman–Crippen MR) is 52.7 cm³/mol. The van der Waals surface area contributed by atoms with E-state index in [-0.39, 0.29) is 4.21 Å². The Balaban J connectivity index is 2.77. The number of fused-ring (bicyclic) bond motifs is 1. The molecule has 0 bridgehead atoms. The second-order valence-electron chi connectivity index (χ2n) is 2.39. The third-order valence-corrected chi connectivity index (χ3v) is 4.67. The van der Waals surface area contributed by atoms with Gasteiger partial charge in [0.15, 0.2) is 0 Å². The molecule has 0 N–H and O–H groups in total. The Morgan fingerprint density at radius 1 is 1.46 bits per heavy atom. The highest BCUT2D eigenvalue weighted by Gasteiger charge is 2.13. The largest absolute Gasteiger partial charge is 0.270 e. The average molecular weight is 234 g/mol. The summed E-state index contributed by atoms with van der Waals surface area (Å²) in [6, 6.07) is 5.03. The van der Waals surface area contributed by atoms with Gasteiger partial charge in [0.1, 0.15) is 4.21 Å². The summed E-state index contributed by atoms with van der Waals surface area (Å²) < 4.78 is 22.9. The van der Waals surface area contributed by atoms with Crippen LogP contribution in [0.15, 0.2) is 28.6 Å². The summed E-state index contributed by atoms with van der Waals surface area (Å²) in [6.07, 6.45) is 1.61. The van der Waals surface area contributed by atoms with Crippen LogP contribution >= 0.6 is 22.0 Å². The first-order valence-corrected chi connectivity index (χ1v) is 6.49. The van der Waals surface area contributed by atoms with Gasteiger partial charge < -0.3 is 0 Å². The Hall–Kier alpha value is -0.650. The van der Waals surface area contributed by atoms with Gasteiger partial charge in [-0.1, -0.05) is 0 Å². The SMILES string of the molecule is O=S(=O)(Cl)c1cc2ncccc2s1. The fourth-order valence-corrected chi connectivity index (χ4v) is 3.05. The van der Waals surface area contributed by atoms with Crippen molar-refractivity contribution in [2.75, 3.05) is 0 Å². The lowest BCUT2D eigenvalue weighted by Crippen LogP contribution is -1.83. The maximum Gasteiger partial charge on any atom is 0.270 e. The summed E-state index contributed by atoms with van der Waals surface area (Å²) in [4.78, 5) is 4.00. The molecule has 2 aromatic rings. The lowest BCUT2D eigenvalue weighted by molar-refractivity contribution is 0.611. The minimum Gasteiger partial charge on any atom is -0.255 e. The van der Waals surface area contributed by atoms with E-state index in [4.69, 9.17) is 10.7 Å². The molecular formula is C7H4ClNO2S2. The summed E-state index contributed by atoms with van der Waals surface area (Å²) in [7, 11) is 1.57. The van der Waals surface area contributed by atoms with Crippen LogP contribution in [0, 0.1) is 0 Å². The number of hydrogen-bond donors (Lipinski definition) is 0. The van der Waals surface area contributed by atoms with Crippen LogP contribution in [0.4, 0.5) is 0 Å². The lowest BCUT2D eigenvalue weighted by atomic mass is 10.4. The van der Waals surface area contributed by atoms with Crippen molar-refractivity contribution in [3.63, 3.8) is 0 Å². The second kappa shape index (κ2) is 2.94. The molecule has 2 aromatic heterocycles. The molecule has 0 aliphatic heterocycles. The van der Waals surface area contributed by atoms with Crippen molar-refractivity contribution in [3.8, 4) is 0 Å². The van der Waals surface area contributed by atoms with Gasteiger partial charge >= 0.3 is 0 Å². The highest BCUT2D eigenvalue weighted by molar-refractivity contribution is 8.15. The average Bonchev–Trinajstić information content (AvgIpc) is 2.45. The molecule has 0 spiro atoms. The molecule has 0 amide bonds. The first-order chi connectivity index (χ1) is 6.07. The van der Waals surface area contributed by atoms with Crippen LogP contribution in [0.2, 0.25) is 0 Å². The fraction of sp³-hybridized carbons (Fsp3) is 0. The highest BCUT2D eigenvalue weighted by atomic mass is 35.7. The van der Waals surface area contributed by atoms with Crippen molar-refractivity contribution in [3.05, 3.63) is 24.4 Å². The number of hydrogen-bond acceptors (Lipinski definition) is 4. The predicted octanol–water partition coefficient (Wildman–Crippen LogP) is 2.22. The minimum atomic E-state index is -3.61. The van der Waals surface area contributed by atoms with Gasteiger partial charge in [-0.05, 0) is 18.2 Å². The molecule has 0 aliphatic carbocycles. The molecule has 0 saturated carbocycles. The Kier molecular flexibility index (Phi) is 2.02. The molecule has 6 heteroatoms. The monoisotopic (exact) mass is 233 g/mol. The van der Waals surface area contributed by atoms with Gasteiger partial charge in [0.2, 0.25) is 0 Å². The molecule has 3 nitrogen and oxygen atoms in total. The molecule has 0 atom stereocenters. The van der Waals surface area contributed by atoms with Gasteiger partial charge in [-0.15, -0.1) is 11.3 Å². The molecule has 0 saturated heterocycles. The van der Waals surface area contributed by atoms with Crippen LogP contribution in [0.1, 0.15) is 0 Å². The number of nitrogens with zero attached hydrogens (tertiary/aromatic N) is 1. The van der Waals surface area contributed by atoms with Crippen LogP contribution in [0.3, 0.4) is 0 Å². The van der Waals surface area contributed by atoms with Crippen molar-refractivity contribution in [2.24, 2.45) is 0 Å². The van der Waals surface area contributed by atoms with Gasteiger partial charge in [-0.3, -0.25) is 4.98 Å². The maximum atomic E-state index is 11.0. The van der Waals surface area contributed by atoms with Crippen LogP contribution in [-0.2, 0) is 9.05 Å². The van der Waals surface area contributed by atoms with Gasteiger partial charge in [-0.2, -0.15) is 0 Å². The number of pyridine rings is 1. The van der Waals surface area contributed by atoms with Gasteiger partial charge in [-0.25, -0.2) is 8.42 Å². The lowest BCUT2D eigenvalue weighted by Gasteiger charge is -1.83. The van der Waals surface area contributed by atoms with E-state index < -0.39 is 9.05 Å². The standard InChI is InChI=1S/C7H4ClNO2S2/c8-13(10,11)7-4-5-6(12-7)2-1-3-9-5/h1-4H. The van der Waals surface area contributed by atoms with Crippen molar-refractivity contribution < 1.29 is 8.42 Å². The Morgan fingerprint density at radius 2 is 2.23 bits per heavy atom. The van der Waals surface area contributed by atoms with E-state index >= 15 is 0 Å². The van der Waals surface area contributed by atoms with E-state index in [9.17, 15) is 8.42 Å². The molecule has 0 aromatic carbocycles. The van der Waals surface area contributed by atoms with E-state index in [1.807, 2.05) is 0 Å². The molecule has 0 aliphatic rings. The third kappa shape index (κ3) is 1.67. The van der Waals surface area contributed by atoms with Crippen molar-refractivity contribution >= 4 is 41.3 Å². The first kappa shape index (κ1) is 8.93. The van der Waals surface area contributed by atoms with Gasteiger partial charge in [0, 0.05) is 16.9 Å². The third-order valence-electron chi connectivity index (χ3n) is 1.51. The summed E-state index contributed by atoms with van der Waals surface area (Å²) in [5, 5.41) is 0. The smallest absolute Gasteiger partial charge is 0.255 e. The van der Waals surface area contributed by atoms with Crippen LogP contribution in [0.5, 0.6) is 0 Å². The molecule has 0 unspecified atom stereocenters. The van der Waals surface area contributed by atoms with Crippen molar-refractivity contribution in [1.29, 1.82) is 0 Å². The fourth-order valence-electron chi connectivity index (χ4n) is 0.967. The second-order valence-corrected chi connectivity index (χ2v) is 6.27. The molecule has 68 valence electrons. The maximum absolute atomic E-state index is 11.0. The molecule has 13 heavy (non-hydrogen) atoms. The molecular weight excluding hydrogens is 230 g/mol. The molecule has 0 radical (unpaired) electrons. The van der Waals surface area contributed by atoms with Gasteiger partial charge in [0.05, 0.1) is 10.2 Å². The first-order valence-electron chi connectivity index (χ1n) is 3.36. The zero-order valence-electron chi connectivity index (χ0n) is 6.27. The normalized spacial score (nSPS) is 12.1. The number of aromatic nitrogens is 1. The quantitative estimate of drug-likeness (QED) is 0.710. The van der Waals surface area contributed by atoms with E-state index in [1.54, 1.807) is 18.3 Å². The zero-order chi connectivity index (χ0) is 9.47. The van der Waals surface area contributed by atoms with E-state index in [1.165, 1.54) is 6.07 Å². The number of thiophene rings is 1. The number of rotatable bonds is 1. The Morgan fingerprint density at radius 3 is 2.85 bits per heavy atom. The summed E-state index contributed by atoms with van der Waals surface area (Å²) in [5.74, 6) is 0. The summed E-state index contributed by atoms with van der Waals surface area (Å²) >= 11 is 1.12. The Bertz CT molecular complexity index is 513. The minimum absolute atomic E-state index is 0.142. The molecule has 2 rings (SSSR count). The van der Waals surface area contributed by atoms with Gasteiger partial charge in [0.25, 0.3) is 9.05 Å². The van der Waals surface area contributed by atoms with Crippen LogP contribution in [-0.4, -0.2) is 13.4 Å². The van der Waals surface area contributed by atoms with Crippen LogP contribution in [0.25, 0.3) is 10.2 Å². The highest BCUT2D eigenvalue weighted by Crippen LogP contribution is 2.29.